The monoisotopic (exact) mass is 689 g/mol. The van der Waals surface area contributed by atoms with E-state index in [0.717, 1.165) is 5.39 Å². The third-order valence-electron chi connectivity index (χ3n) is 7.31. The summed E-state index contributed by atoms with van der Waals surface area (Å²) in [5.74, 6) is -2.90. The predicted octanol–water partition coefficient (Wildman–Crippen LogP) is 2.96. The minimum atomic E-state index is -4.86. The van der Waals surface area contributed by atoms with Crippen LogP contribution in [0.15, 0.2) is 67.0 Å². The summed E-state index contributed by atoms with van der Waals surface area (Å²) in [7, 11) is 0. The lowest BCUT2D eigenvalue weighted by atomic mass is 9.99. The number of fused-ring (bicyclic) bond motifs is 1. The van der Waals surface area contributed by atoms with Crippen LogP contribution < -0.4 is 20.7 Å². The molecule has 1 fully saturated rings. The van der Waals surface area contributed by atoms with Gasteiger partial charge in [-0.1, -0.05) is 42.5 Å². The zero-order chi connectivity index (χ0) is 35.1. The Morgan fingerprint density at radius 2 is 1.77 bits per heavy atom. The first-order chi connectivity index (χ1) is 22.6. The van der Waals surface area contributed by atoms with E-state index >= 15 is 0 Å². The van der Waals surface area contributed by atoms with E-state index in [1.165, 1.54) is 22.9 Å². The number of carbonyl (C=O) groups is 4. The number of aliphatic hydroxyl groups is 1. The van der Waals surface area contributed by atoms with E-state index in [4.69, 9.17) is 4.74 Å². The lowest BCUT2D eigenvalue weighted by Gasteiger charge is -2.32. The Kier molecular flexibility index (Phi) is 11.9. The van der Waals surface area contributed by atoms with E-state index in [-0.39, 0.29) is 18.1 Å². The molecule has 4 N–H and O–H groups in total. The molecule has 4 atom stereocenters. The van der Waals surface area contributed by atoms with Crippen LogP contribution in [-0.4, -0.2) is 92.8 Å². The molecule has 48 heavy (non-hydrogen) atoms. The first-order valence-electron chi connectivity index (χ1n) is 15.2. The van der Waals surface area contributed by atoms with Gasteiger partial charge in [0.05, 0.1) is 18.3 Å². The summed E-state index contributed by atoms with van der Waals surface area (Å²) in [4.78, 5) is 57.9. The maximum Gasteiger partial charge on any atom is 0.391 e. The van der Waals surface area contributed by atoms with Crippen molar-refractivity contribution < 1.29 is 42.2 Å². The Labute approximate surface area is 280 Å². The predicted molar refractivity (Wildman–Crippen MR) is 174 cm³/mol. The van der Waals surface area contributed by atoms with Gasteiger partial charge in [0.1, 0.15) is 17.8 Å². The Bertz CT molecular complexity index is 1600. The number of nitrogens with one attached hydrogen (secondary N) is 3. The fraction of sp³-hybridized carbons (Fsp3) is 0.424. The van der Waals surface area contributed by atoms with Gasteiger partial charge in [-0.05, 0) is 44.9 Å². The number of nitrogens with zero attached hydrogens (tertiary/aromatic N) is 2. The summed E-state index contributed by atoms with van der Waals surface area (Å²) in [5, 5.41) is 19.9. The van der Waals surface area contributed by atoms with Crippen LogP contribution in [0.5, 0.6) is 5.75 Å². The molecule has 4 rings (SSSR count). The van der Waals surface area contributed by atoms with E-state index in [1.807, 2.05) is 0 Å². The molecule has 0 aliphatic carbocycles. The van der Waals surface area contributed by atoms with Crippen LogP contribution in [0.2, 0.25) is 0 Å². The molecule has 1 aliphatic rings. The second-order valence-corrected chi connectivity index (χ2v) is 13.4. The molecule has 0 spiro atoms. The molecule has 11 nitrogen and oxygen atoms in total. The van der Waals surface area contributed by atoms with Crippen LogP contribution in [0.3, 0.4) is 0 Å². The molecule has 1 aromatic heterocycles. The van der Waals surface area contributed by atoms with Crippen LogP contribution in [0.4, 0.5) is 13.2 Å². The number of benzene rings is 2. The Morgan fingerprint density at radius 3 is 2.46 bits per heavy atom. The minimum absolute atomic E-state index is 0.0874. The standard InChI is InChI=1S/C33H38F3N5O6S/c1-32(2,3)40-30(45)25-18-48-19-41(25)31(46)28(43)23(14-20-8-5-4-6-9-20)39-29(44)24(15-33(34,35)36)38-27(42)17-47-26-11-7-10-21-16-37-13-12-22(21)26/h4-13,16,23-25,28,43H,14-15,17-19H2,1-3H3,(H,38,42)(H,39,44)(H,40,45)/t23-,24-,25-,28-/m0/s1. The number of amides is 4. The Hall–Kier alpha value is -4.37. The van der Waals surface area contributed by atoms with Crippen molar-refractivity contribution >= 4 is 46.2 Å². The molecule has 1 aliphatic heterocycles. The molecule has 2 heterocycles. The third kappa shape index (κ3) is 10.3. The van der Waals surface area contributed by atoms with Gasteiger partial charge in [0.15, 0.2) is 12.7 Å². The van der Waals surface area contributed by atoms with Crippen molar-refractivity contribution in [2.45, 2.75) is 69.6 Å². The van der Waals surface area contributed by atoms with Crippen LogP contribution in [-0.2, 0) is 25.6 Å². The van der Waals surface area contributed by atoms with Crippen molar-refractivity contribution in [1.29, 1.82) is 0 Å². The summed E-state index contributed by atoms with van der Waals surface area (Å²) in [5.41, 5.74) is -0.0147. The second-order valence-electron chi connectivity index (χ2n) is 12.4. The van der Waals surface area contributed by atoms with Gasteiger partial charge in [-0.2, -0.15) is 13.2 Å². The van der Waals surface area contributed by atoms with Crippen molar-refractivity contribution in [3.63, 3.8) is 0 Å². The van der Waals surface area contributed by atoms with Crippen molar-refractivity contribution in [1.82, 2.24) is 25.8 Å². The van der Waals surface area contributed by atoms with Crippen LogP contribution >= 0.6 is 11.8 Å². The number of hydrogen-bond acceptors (Lipinski definition) is 8. The van der Waals surface area contributed by atoms with E-state index in [9.17, 15) is 37.5 Å². The van der Waals surface area contributed by atoms with Gasteiger partial charge in [-0.25, -0.2) is 0 Å². The molecule has 258 valence electrons. The third-order valence-corrected chi connectivity index (χ3v) is 8.33. The highest BCUT2D eigenvalue weighted by molar-refractivity contribution is 7.99. The molecule has 0 unspecified atom stereocenters. The summed E-state index contributed by atoms with van der Waals surface area (Å²) >= 11 is 1.30. The van der Waals surface area contributed by atoms with Gasteiger partial charge in [-0.3, -0.25) is 24.2 Å². The average Bonchev–Trinajstić information content (AvgIpc) is 3.52. The Morgan fingerprint density at radius 1 is 1.04 bits per heavy atom. The fourth-order valence-electron chi connectivity index (χ4n) is 5.10. The summed E-state index contributed by atoms with van der Waals surface area (Å²) < 4.78 is 46.5. The van der Waals surface area contributed by atoms with Gasteiger partial charge in [0.2, 0.25) is 11.8 Å². The lowest BCUT2D eigenvalue weighted by Crippen LogP contribution is -2.59. The zero-order valence-corrected chi connectivity index (χ0v) is 27.4. The molecule has 0 saturated carbocycles. The molecule has 1 saturated heterocycles. The zero-order valence-electron chi connectivity index (χ0n) is 26.6. The van der Waals surface area contributed by atoms with Crippen molar-refractivity contribution in [2.75, 3.05) is 18.2 Å². The second kappa shape index (κ2) is 15.7. The molecule has 0 radical (unpaired) electrons. The maximum atomic E-state index is 13.6. The first kappa shape index (κ1) is 36.5. The molecule has 4 amide bonds. The molecular formula is C33H38F3N5O6S. The van der Waals surface area contributed by atoms with Gasteiger partial charge in [0.25, 0.3) is 11.8 Å². The number of ether oxygens (including phenoxy) is 1. The molecule has 0 bridgehead atoms. The number of thioether (sulfide) groups is 1. The Balaban J connectivity index is 1.51. The quantitative estimate of drug-likeness (QED) is 0.227. The number of aromatic nitrogens is 1. The number of hydrogen-bond donors (Lipinski definition) is 4. The van der Waals surface area contributed by atoms with Gasteiger partial charge >= 0.3 is 6.18 Å². The maximum absolute atomic E-state index is 13.6. The molecule has 2 aromatic carbocycles. The number of pyridine rings is 1. The number of aliphatic hydroxyl groups excluding tert-OH is 1. The molecule has 15 heteroatoms. The van der Waals surface area contributed by atoms with E-state index in [1.54, 1.807) is 81.6 Å². The van der Waals surface area contributed by atoms with Crippen LogP contribution in [0, 0.1) is 0 Å². The highest BCUT2D eigenvalue weighted by atomic mass is 32.2. The topological polar surface area (TPSA) is 150 Å². The fourth-order valence-corrected chi connectivity index (χ4v) is 6.27. The van der Waals surface area contributed by atoms with E-state index in [2.05, 4.69) is 20.9 Å². The van der Waals surface area contributed by atoms with Crippen molar-refractivity contribution in [3.8, 4) is 5.75 Å². The molecular weight excluding hydrogens is 651 g/mol. The van der Waals surface area contributed by atoms with Crippen molar-refractivity contribution in [3.05, 3.63) is 72.6 Å². The van der Waals surface area contributed by atoms with Crippen LogP contribution in [0.1, 0.15) is 32.8 Å². The smallest absolute Gasteiger partial charge is 0.391 e. The SMILES string of the molecule is CC(C)(C)NC(=O)[C@@H]1CSCN1C(=O)[C@@H](O)[C@H](Cc1ccccc1)NC(=O)[C@H](CC(F)(F)F)NC(=O)COc1cccc2cnccc12. The molecule has 3 aromatic rings. The van der Waals surface area contributed by atoms with Crippen LogP contribution in [0.25, 0.3) is 10.8 Å². The summed E-state index contributed by atoms with van der Waals surface area (Å²) in [6, 6.07) is 10.7. The minimum Gasteiger partial charge on any atom is -0.483 e. The largest absolute Gasteiger partial charge is 0.483 e. The van der Waals surface area contributed by atoms with Gasteiger partial charge in [-0.15, -0.1) is 11.8 Å². The van der Waals surface area contributed by atoms with Crippen molar-refractivity contribution in [2.24, 2.45) is 0 Å². The van der Waals surface area contributed by atoms with Gasteiger partial charge < -0.3 is 30.7 Å². The number of carbonyl (C=O) groups excluding carboxylic acids is 4. The normalized spacial score (nSPS) is 16.9. The summed E-state index contributed by atoms with van der Waals surface area (Å²) in [6.07, 6.45) is -5.53. The lowest BCUT2D eigenvalue weighted by molar-refractivity contribution is -0.153. The number of alkyl halides is 3. The first-order valence-corrected chi connectivity index (χ1v) is 16.3. The van der Waals surface area contributed by atoms with Gasteiger partial charge in [0, 0.05) is 34.5 Å². The van der Waals surface area contributed by atoms with E-state index in [0.29, 0.717) is 16.7 Å². The van der Waals surface area contributed by atoms with E-state index < -0.39 is 72.6 Å². The summed E-state index contributed by atoms with van der Waals surface area (Å²) in [6.45, 7) is 4.65. The highest BCUT2D eigenvalue weighted by Crippen LogP contribution is 2.26. The highest BCUT2D eigenvalue weighted by Gasteiger charge is 2.42. The number of halogens is 3. The number of rotatable bonds is 12. The average molecular weight is 690 g/mol.